The molecule has 0 amide bonds. The summed E-state index contributed by atoms with van der Waals surface area (Å²) in [7, 11) is 0. The molecule has 0 radical (unpaired) electrons. The zero-order valence-electron chi connectivity index (χ0n) is 17.7. The van der Waals surface area contributed by atoms with Gasteiger partial charge in [-0.25, -0.2) is 9.59 Å². The molecule has 3 aromatic carbocycles. The van der Waals surface area contributed by atoms with Crippen molar-refractivity contribution in [3.05, 3.63) is 110 Å². The minimum absolute atomic E-state index is 0.0484. The molecule has 0 atom stereocenters. The number of ether oxygens (including phenoxy) is 2. The molecule has 0 aliphatic rings. The lowest BCUT2D eigenvalue weighted by Crippen LogP contribution is -2.09. The van der Waals surface area contributed by atoms with E-state index in [0.717, 1.165) is 10.9 Å². The van der Waals surface area contributed by atoms with Gasteiger partial charge in [-0.1, -0.05) is 11.6 Å². The van der Waals surface area contributed by atoms with Crippen molar-refractivity contribution in [1.29, 1.82) is 0 Å². The van der Waals surface area contributed by atoms with Crippen LogP contribution >= 0.6 is 11.6 Å². The van der Waals surface area contributed by atoms with Crippen LogP contribution in [0, 0.1) is 6.92 Å². The van der Waals surface area contributed by atoms with Gasteiger partial charge < -0.3 is 18.3 Å². The number of aryl methyl sites for hydroxylation is 1. The van der Waals surface area contributed by atoms with Crippen LogP contribution in [0.1, 0.15) is 15.9 Å². The third-order valence-corrected chi connectivity index (χ3v) is 5.41. The highest BCUT2D eigenvalue weighted by atomic mass is 35.5. The molecule has 0 saturated heterocycles. The molecular weight excluding hydrogens is 460 g/mol. The SMILES string of the molecule is Cc1cc(=O)oc2cc(Oc3coc4cc(OC(=O)c5ccc(Cl)cc5)ccc4c3=O)ccc12. The maximum absolute atomic E-state index is 12.9. The quantitative estimate of drug-likeness (QED) is 0.182. The first-order chi connectivity index (χ1) is 16.4. The second-order valence-corrected chi connectivity index (χ2v) is 7.93. The molecule has 0 aliphatic carbocycles. The van der Waals surface area contributed by atoms with Crippen LogP contribution in [-0.2, 0) is 0 Å². The molecule has 0 saturated carbocycles. The molecule has 0 unspecified atom stereocenters. The van der Waals surface area contributed by atoms with Crippen molar-refractivity contribution in [3.8, 4) is 17.2 Å². The Morgan fingerprint density at radius 3 is 2.35 bits per heavy atom. The van der Waals surface area contributed by atoms with E-state index in [9.17, 15) is 14.4 Å². The summed E-state index contributed by atoms with van der Waals surface area (Å²) in [5.74, 6) is -0.102. The fraction of sp³-hybridized carbons (Fsp3) is 0.0385. The zero-order chi connectivity index (χ0) is 23.8. The standard InChI is InChI=1S/C26H15ClO7/c1-14-10-24(28)34-22-12-17(6-8-19(14)22)32-23-13-31-21-11-18(7-9-20(21)25(23)29)33-26(30)15-2-4-16(27)5-3-15/h2-13H,1H3. The van der Waals surface area contributed by atoms with E-state index in [1.165, 1.54) is 36.6 Å². The lowest BCUT2D eigenvalue weighted by atomic mass is 10.1. The molecule has 0 aliphatic heterocycles. The average molecular weight is 475 g/mol. The normalized spacial score (nSPS) is 11.0. The van der Waals surface area contributed by atoms with Crippen molar-refractivity contribution in [1.82, 2.24) is 0 Å². The summed E-state index contributed by atoms with van der Waals surface area (Å²) in [5.41, 5.74) is 0.785. The number of carbonyl (C=O) groups excluding carboxylic acids is 1. The number of benzene rings is 3. The van der Waals surface area contributed by atoms with Crippen molar-refractivity contribution in [3.63, 3.8) is 0 Å². The Hall–Kier alpha value is -4.36. The van der Waals surface area contributed by atoms with Gasteiger partial charge in [0.2, 0.25) is 11.2 Å². The van der Waals surface area contributed by atoms with Crippen LogP contribution in [0.25, 0.3) is 21.9 Å². The first-order valence-electron chi connectivity index (χ1n) is 10.1. The highest BCUT2D eigenvalue weighted by Gasteiger charge is 2.14. The molecule has 0 bridgehead atoms. The molecule has 0 N–H and O–H groups in total. The summed E-state index contributed by atoms with van der Waals surface area (Å²) in [6.45, 7) is 1.80. The smallest absolute Gasteiger partial charge is 0.343 e. The van der Waals surface area contributed by atoms with E-state index in [2.05, 4.69) is 0 Å². The molecule has 8 heteroatoms. The van der Waals surface area contributed by atoms with Gasteiger partial charge in [-0.15, -0.1) is 0 Å². The summed E-state index contributed by atoms with van der Waals surface area (Å²) in [6, 6.07) is 17.0. The van der Waals surface area contributed by atoms with Gasteiger partial charge in [-0.05, 0) is 61.0 Å². The Kier molecular flexibility index (Phi) is 5.39. The van der Waals surface area contributed by atoms with Gasteiger partial charge in [0.25, 0.3) is 0 Å². The summed E-state index contributed by atoms with van der Waals surface area (Å²) >= 11 is 5.84. The average Bonchev–Trinajstić information content (AvgIpc) is 2.81. The van der Waals surface area contributed by atoms with Crippen molar-refractivity contribution >= 4 is 39.5 Å². The van der Waals surface area contributed by atoms with Crippen molar-refractivity contribution in [2.75, 3.05) is 0 Å². The van der Waals surface area contributed by atoms with Crippen molar-refractivity contribution in [2.24, 2.45) is 0 Å². The van der Waals surface area contributed by atoms with E-state index in [1.54, 1.807) is 43.3 Å². The molecule has 5 rings (SSSR count). The van der Waals surface area contributed by atoms with Gasteiger partial charge in [-0.2, -0.15) is 0 Å². The van der Waals surface area contributed by atoms with Gasteiger partial charge in [-0.3, -0.25) is 4.79 Å². The molecule has 0 fully saturated rings. The predicted molar refractivity (Wildman–Crippen MR) is 126 cm³/mol. The molecule has 0 spiro atoms. The minimum Gasteiger partial charge on any atom is -0.460 e. The van der Waals surface area contributed by atoms with Crippen LogP contribution < -0.4 is 20.5 Å². The first-order valence-corrected chi connectivity index (χ1v) is 10.5. The third kappa shape index (κ3) is 4.16. The summed E-state index contributed by atoms with van der Waals surface area (Å²) < 4.78 is 21.8. The Balaban J connectivity index is 1.42. The largest absolute Gasteiger partial charge is 0.460 e. The van der Waals surface area contributed by atoms with Crippen LogP contribution in [0.15, 0.2) is 91.4 Å². The number of hydrogen-bond acceptors (Lipinski definition) is 7. The lowest BCUT2D eigenvalue weighted by molar-refractivity contribution is 0.0735. The number of fused-ring (bicyclic) bond motifs is 2. The topological polar surface area (TPSA) is 95.9 Å². The van der Waals surface area contributed by atoms with Crippen LogP contribution in [-0.4, -0.2) is 5.97 Å². The number of esters is 1. The van der Waals surface area contributed by atoms with E-state index in [1.807, 2.05) is 0 Å². The van der Waals surface area contributed by atoms with Crippen LogP contribution in [0.2, 0.25) is 5.02 Å². The Labute approximate surface area is 196 Å². The molecule has 7 nitrogen and oxygen atoms in total. The van der Waals surface area contributed by atoms with E-state index >= 15 is 0 Å². The Morgan fingerprint density at radius 2 is 1.56 bits per heavy atom. The molecule has 2 heterocycles. The van der Waals surface area contributed by atoms with Crippen LogP contribution in [0.3, 0.4) is 0 Å². The number of rotatable bonds is 4. The Morgan fingerprint density at radius 1 is 0.853 bits per heavy atom. The van der Waals surface area contributed by atoms with Gasteiger partial charge in [0.05, 0.1) is 10.9 Å². The van der Waals surface area contributed by atoms with Gasteiger partial charge >= 0.3 is 11.6 Å². The monoisotopic (exact) mass is 474 g/mol. The van der Waals surface area contributed by atoms with E-state index in [4.69, 9.17) is 29.9 Å². The van der Waals surface area contributed by atoms with Crippen LogP contribution in [0.5, 0.6) is 17.2 Å². The second kappa shape index (κ2) is 8.53. The lowest BCUT2D eigenvalue weighted by Gasteiger charge is -2.08. The van der Waals surface area contributed by atoms with Crippen molar-refractivity contribution < 1.29 is 23.1 Å². The van der Waals surface area contributed by atoms with Gasteiger partial charge in [0, 0.05) is 28.6 Å². The van der Waals surface area contributed by atoms with E-state index < -0.39 is 17.0 Å². The molecule has 5 aromatic rings. The molecule has 168 valence electrons. The minimum atomic E-state index is -0.573. The first kappa shape index (κ1) is 21.5. The zero-order valence-corrected chi connectivity index (χ0v) is 18.4. The second-order valence-electron chi connectivity index (χ2n) is 7.49. The maximum Gasteiger partial charge on any atom is 0.343 e. The molecule has 34 heavy (non-hydrogen) atoms. The fourth-order valence-electron chi connectivity index (χ4n) is 3.47. The highest BCUT2D eigenvalue weighted by Crippen LogP contribution is 2.27. The van der Waals surface area contributed by atoms with Crippen molar-refractivity contribution in [2.45, 2.75) is 6.92 Å². The van der Waals surface area contributed by atoms with Gasteiger partial charge in [0.15, 0.2) is 0 Å². The third-order valence-electron chi connectivity index (χ3n) is 5.16. The van der Waals surface area contributed by atoms with Gasteiger partial charge in [0.1, 0.15) is 28.9 Å². The molecular formula is C26H15ClO7. The fourth-order valence-corrected chi connectivity index (χ4v) is 3.60. The summed E-state index contributed by atoms with van der Waals surface area (Å²) in [6.07, 6.45) is 1.17. The Bertz CT molecular complexity index is 1680. The summed E-state index contributed by atoms with van der Waals surface area (Å²) in [4.78, 5) is 36.9. The van der Waals surface area contributed by atoms with Crippen LogP contribution in [0.4, 0.5) is 0 Å². The number of halogens is 1. The maximum atomic E-state index is 12.9. The predicted octanol–water partition coefficient (Wildman–Crippen LogP) is 5.87. The number of hydrogen-bond donors (Lipinski definition) is 0. The number of carbonyl (C=O) groups is 1. The highest BCUT2D eigenvalue weighted by molar-refractivity contribution is 6.30. The van der Waals surface area contributed by atoms with E-state index in [-0.39, 0.29) is 22.5 Å². The van der Waals surface area contributed by atoms with E-state index in [0.29, 0.717) is 21.9 Å². The molecule has 2 aromatic heterocycles. The summed E-state index contributed by atoms with van der Waals surface area (Å²) in [5, 5.41) is 1.51.